The van der Waals surface area contributed by atoms with E-state index in [9.17, 15) is 0 Å². The second kappa shape index (κ2) is 5.42. The van der Waals surface area contributed by atoms with E-state index in [0.717, 1.165) is 4.50 Å². The first-order valence-corrected chi connectivity index (χ1v) is 6.20. The van der Waals surface area contributed by atoms with Crippen molar-refractivity contribution in [3.8, 4) is 11.1 Å². The third kappa shape index (κ3) is 2.73. The van der Waals surface area contributed by atoms with E-state index in [-0.39, 0.29) is 0 Å². The molecule has 0 radical (unpaired) electrons. The van der Waals surface area contributed by atoms with Gasteiger partial charge in [-0.25, -0.2) is 0 Å². The molecule has 86 valence electrons. The molecule has 0 aromatic heterocycles. The van der Waals surface area contributed by atoms with Gasteiger partial charge in [0.25, 0.3) is 0 Å². The Kier molecular flexibility index (Phi) is 3.91. The molecule has 0 bridgehead atoms. The van der Waals surface area contributed by atoms with Crippen molar-refractivity contribution in [2.24, 2.45) is 0 Å². The summed E-state index contributed by atoms with van der Waals surface area (Å²) in [5, 5.41) is 0. The van der Waals surface area contributed by atoms with Crippen molar-refractivity contribution in [1.29, 1.82) is 0 Å². The van der Waals surface area contributed by atoms with Crippen LogP contribution in [0.2, 0.25) is 0 Å². The summed E-state index contributed by atoms with van der Waals surface area (Å²) < 4.78 is 1.16. The summed E-state index contributed by atoms with van der Waals surface area (Å²) in [6, 6.07) is 18.9. The van der Waals surface area contributed by atoms with Crippen LogP contribution in [-0.2, 0) is 15.9 Å². The maximum absolute atomic E-state index is 3.15. The number of hydrogen-bond donors (Lipinski definition) is 0. The normalized spacial score (nSPS) is 10.5. The topological polar surface area (TPSA) is 3.24 Å². The van der Waals surface area contributed by atoms with E-state index in [1.165, 1.54) is 16.7 Å². The van der Waals surface area contributed by atoms with Gasteiger partial charge in [-0.2, -0.15) is 0 Å². The van der Waals surface area contributed by atoms with Crippen molar-refractivity contribution < 1.29 is 15.9 Å². The molecule has 1 nitrogen and oxygen atoms in total. The first-order chi connectivity index (χ1) is 8.20. The van der Waals surface area contributed by atoms with Gasteiger partial charge in [0.05, 0.1) is 0 Å². The quantitative estimate of drug-likeness (QED) is 0.821. The van der Waals surface area contributed by atoms with Crippen LogP contribution in [0, 0.1) is 0 Å². The molecule has 2 aromatic rings. The Hall–Kier alpha value is -1.20. The zero-order valence-electron chi connectivity index (χ0n) is 10.1. The van der Waals surface area contributed by atoms with Gasteiger partial charge in [0, 0.05) is 0 Å². The van der Waals surface area contributed by atoms with E-state index in [0.29, 0.717) is 0 Å². The molecule has 0 unspecified atom stereocenters. The van der Waals surface area contributed by atoms with Crippen molar-refractivity contribution in [2.75, 3.05) is 14.1 Å². The van der Waals surface area contributed by atoms with Crippen LogP contribution in [0.4, 0.5) is 0 Å². The minimum absolute atomic E-state index is 1.16. The summed E-state index contributed by atoms with van der Waals surface area (Å²) in [7, 11) is 4.10. The van der Waals surface area contributed by atoms with Gasteiger partial charge in [-0.05, 0) is 0 Å². The molecule has 0 spiro atoms. The van der Waals surface area contributed by atoms with Crippen molar-refractivity contribution >= 4 is 4.50 Å². The molecule has 0 atom stereocenters. The third-order valence-electron chi connectivity index (χ3n) is 2.65. The van der Waals surface area contributed by atoms with Crippen molar-refractivity contribution in [3.05, 3.63) is 60.2 Å². The van der Waals surface area contributed by atoms with Crippen molar-refractivity contribution in [2.45, 2.75) is 0 Å². The summed E-state index contributed by atoms with van der Waals surface area (Å²) in [6.07, 6.45) is 0. The second-order valence-electron chi connectivity index (χ2n) is 4.11. The molecule has 0 saturated heterocycles. The summed E-state index contributed by atoms with van der Waals surface area (Å²) in [5.41, 5.74) is 3.75. The number of hydrogen-bond acceptors (Lipinski definition) is 1. The first kappa shape index (κ1) is 12.3. The second-order valence-corrected chi connectivity index (χ2v) is 4.72. The molecule has 0 N–H and O–H groups in total. The fourth-order valence-electron chi connectivity index (χ4n) is 1.78. The van der Waals surface area contributed by atoms with Gasteiger partial charge in [-0.1, -0.05) is 0 Å². The van der Waals surface area contributed by atoms with Crippen molar-refractivity contribution in [1.82, 2.24) is 4.90 Å². The minimum atomic E-state index is 1.16. The number of rotatable bonds is 3. The Bertz CT molecular complexity index is 517. The fourth-order valence-corrected chi connectivity index (χ4v) is 2.06. The maximum atomic E-state index is 3.15. The molecular weight excluding hydrogens is 246 g/mol. The summed E-state index contributed by atoms with van der Waals surface area (Å²) in [4.78, 5) is 2.10. The molecule has 17 heavy (non-hydrogen) atoms. The molecule has 0 aliphatic carbocycles. The van der Waals surface area contributed by atoms with Crippen molar-refractivity contribution in [3.63, 3.8) is 0 Å². The Labute approximate surface area is 111 Å². The molecule has 0 aliphatic rings. The fraction of sp³-hybridized carbons (Fsp3) is 0.133. The van der Waals surface area contributed by atoms with Crippen LogP contribution in [0.1, 0.15) is 5.56 Å². The van der Waals surface area contributed by atoms with Gasteiger partial charge >= 0.3 is 111 Å². The molecule has 0 amide bonds. The van der Waals surface area contributed by atoms with Crippen LogP contribution in [-0.4, -0.2) is 23.5 Å². The summed E-state index contributed by atoms with van der Waals surface area (Å²) >= 11 is 3.15. The van der Waals surface area contributed by atoms with Gasteiger partial charge in [-0.15, -0.1) is 0 Å². The number of nitrogens with zero attached hydrogens (tertiary/aromatic N) is 1. The molecular formula is C15H15CrN. The van der Waals surface area contributed by atoms with Gasteiger partial charge in [0.15, 0.2) is 0 Å². The van der Waals surface area contributed by atoms with E-state index >= 15 is 0 Å². The predicted octanol–water partition coefficient (Wildman–Crippen LogP) is 2.94. The molecule has 2 heteroatoms. The van der Waals surface area contributed by atoms with Crippen LogP contribution in [0.25, 0.3) is 11.1 Å². The van der Waals surface area contributed by atoms with E-state index in [1.54, 1.807) is 0 Å². The van der Waals surface area contributed by atoms with E-state index in [2.05, 4.69) is 69.3 Å². The van der Waals surface area contributed by atoms with E-state index in [1.807, 2.05) is 20.2 Å². The predicted molar refractivity (Wildman–Crippen MR) is 69.7 cm³/mol. The molecule has 0 fully saturated rings. The van der Waals surface area contributed by atoms with Crippen LogP contribution in [0.3, 0.4) is 0 Å². The van der Waals surface area contributed by atoms with Crippen LogP contribution in [0.5, 0.6) is 0 Å². The van der Waals surface area contributed by atoms with Gasteiger partial charge in [-0.3, -0.25) is 0 Å². The average molecular weight is 261 g/mol. The monoisotopic (exact) mass is 261 g/mol. The van der Waals surface area contributed by atoms with Gasteiger partial charge < -0.3 is 0 Å². The Balaban J connectivity index is 2.52. The van der Waals surface area contributed by atoms with Crippen LogP contribution < -0.4 is 0 Å². The van der Waals surface area contributed by atoms with E-state index in [4.69, 9.17) is 0 Å². The molecule has 2 aromatic carbocycles. The standard InChI is InChI=1S/C15H15N.Cr/c1-16(2)12-14-10-6-7-11-15(14)13-8-4-3-5-9-13;/h3-11H,1-2H3;. The third-order valence-corrected chi connectivity index (χ3v) is 3.56. The van der Waals surface area contributed by atoms with Gasteiger partial charge in [0.2, 0.25) is 0 Å². The first-order valence-electron chi connectivity index (χ1n) is 5.56. The zero-order chi connectivity index (χ0) is 12.3. The Morgan fingerprint density at radius 2 is 1.47 bits per heavy atom. The van der Waals surface area contributed by atoms with Gasteiger partial charge in [0.1, 0.15) is 0 Å². The molecule has 0 aliphatic heterocycles. The summed E-state index contributed by atoms with van der Waals surface area (Å²) in [5.74, 6) is 0. The average Bonchev–Trinajstić information content (AvgIpc) is 2.39. The summed E-state index contributed by atoms with van der Waals surface area (Å²) in [6.45, 7) is 0. The molecule has 2 rings (SSSR count). The number of benzene rings is 2. The molecule has 0 heterocycles. The zero-order valence-corrected chi connectivity index (χ0v) is 11.3. The Morgan fingerprint density at radius 1 is 0.882 bits per heavy atom. The SMILES string of the molecule is CN(C)[C](=[Cr])c1ccccc1-c1ccccc1. The Morgan fingerprint density at radius 3 is 2.12 bits per heavy atom. The molecule has 0 saturated carbocycles. The van der Waals surface area contributed by atoms with Crippen LogP contribution >= 0.6 is 0 Å². The van der Waals surface area contributed by atoms with Crippen LogP contribution in [0.15, 0.2) is 54.6 Å². The van der Waals surface area contributed by atoms with E-state index < -0.39 is 0 Å².